The van der Waals surface area contributed by atoms with Crippen LogP contribution in [-0.4, -0.2) is 9.55 Å². The average molecular weight is 287 g/mol. The molecule has 0 saturated heterocycles. The Balaban J connectivity index is 2.58. The van der Waals surface area contributed by atoms with Gasteiger partial charge in [-0.1, -0.05) is 11.6 Å². The molecule has 1 heterocycles. The molecule has 2 aromatic rings. The predicted molar refractivity (Wildman–Crippen MR) is 64.2 cm³/mol. The number of halogens is 2. The molecule has 15 heavy (non-hydrogen) atoms. The van der Waals surface area contributed by atoms with E-state index < -0.39 is 0 Å². The molecule has 3 nitrogen and oxygen atoms in total. The molecule has 0 fully saturated rings. The minimum atomic E-state index is 0.443. The zero-order valence-corrected chi connectivity index (χ0v) is 10.2. The molecule has 0 spiro atoms. The summed E-state index contributed by atoms with van der Waals surface area (Å²) < 4.78 is 2.87. The number of imidazole rings is 1. The van der Waals surface area contributed by atoms with Gasteiger partial charge in [0.15, 0.2) is 0 Å². The first-order valence-corrected chi connectivity index (χ1v) is 5.56. The first kappa shape index (κ1) is 10.7. The molecule has 0 bridgehead atoms. The number of nitrogens with zero attached hydrogens (tertiary/aromatic N) is 2. The Morgan fingerprint density at radius 1 is 1.47 bits per heavy atom. The van der Waals surface area contributed by atoms with Crippen molar-refractivity contribution >= 4 is 27.5 Å². The Morgan fingerprint density at radius 2 is 2.27 bits per heavy atom. The number of benzene rings is 1. The second-order valence-corrected chi connectivity index (χ2v) is 4.35. The molecule has 1 aromatic heterocycles. The molecular formula is C10H9BrClN3. The molecule has 0 aliphatic rings. The van der Waals surface area contributed by atoms with Gasteiger partial charge in [0.05, 0.1) is 17.7 Å². The van der Waals surface area contributed by atoms with Crippen LogP contribution >= 0.6 is 27.5 Å². The Hall–Kier alpha value is -0.840. The Kier molecular flexibility index (Phi) is 3.09. The van der Waals surface area contributed by atoms with E-state index in [1.165, 1.54) is 0 Å². The minimum Gasteiger partial charge on any atom is -0.325 e. The number of nitrogens with two attached hydrogens (primary N) is 1. The zero-order valence-electron chi connectivity index (χ0n) is 7.82. The molecule has 1 aromatic carbocycles. The lowest BCUT2D eigenvalue weighted by molar-refractivity contribution is 0.907. The van der Waals surface area contributed by atoms with E-state index in [0.717, 1.165) is 15.9 Å². The van der Waals surface area contributed by atoms with Gasteiger partial charge in [-0.25, -0.2) is 4.98 Å². The third-order valence-electron chi connectivity index (χ3n) is 2.09. The summed E-state index contributed by atoms with van der Waals surface area (Å²) in [6.45, 7) is 0.443. The van der Waals surface area contributed by atoms with Crippen molar-refractivity contribution in [3.05, 3.63) is 45.9 Å². The van der Waals surface area contributed by atoms with Crippen molar-refractivity contribution in [2.24, 2.45) is 5.73 Å². The Labute approximate surface area is 101 Å². The second kappa shape index (κ2) is 4.35. The van der Waals surface area contributed by atoms with Crippen LogP contribution in [0.2, 0.25) is 5.02 Å². The van der Waals surface area contributed by atoms with Crippen molar-refractivity contribution < 1.29 is 0 Å². The smallest absolute Gasteiger partial charge is 0.0995 e. The van der Waals surface area contributed by atoms with Crippen molar-refractivity contribution in [3.8, 4) is 5.69 Å². The van der Waals surface area contributed by atoms with Crippen LogP contribution in [0.3, 0.4) is 0 Å². The van der Waals surface area contributed by atoms with Crippen LogP contribution in [-0.2, 0) is 6.54 Å². The third-order valence-corrected chi connectivity index (χ3v) is 3.00. The fourth-order valence-corrected chi connectivity index (χ4v) is 1.96. The quantitative estimate of drug-likeness (QED) is 0.922. The highest BCUT2D eigenvalue weighted by atomic mass is 79.9. The SMILES string of the molecule is NCc1cncn1-c1cc(Cl)ccc1Br. The molecule has 2 rings (SSSR count). The van der Waals surface area contributed by atoms with Crippen LogP contribution in [0.25, 0.3) is 5.69 Å². The molecule has 2 N–H and O–H groups in total. The van der Waals surface area contributed by atoms with Gasteiger partial charge >= 0.3 is 0 Å². The fourth-order valence-electron chi connectivity index (χ4n) is 1.36. The van der Waals surface area contributed by atoms with Gasteiger partial charge in [-0.05, 0) is 34.1 Å². The molecule has 0 aliphatic heterocycles. The summed E-state index contributed by atoms with van der Waals surface area (Å²) in [5, 5.41) is 0.685. The van der Waals surface area contributed by atoms with Gasteiger partial charge in [-0.15, -0.1) is 0 Å². The maximum Gasteiger partial charge on any atom is 0.0995 e. The third kappa shape index (κ3) is 2.07. The second-order valence-electron chi connectivity index (χ2n) is 3.05. The average Bonchev–Trinajstić information content (AvgIpc) is 2.69. The van der Waals surface area contributed by atoms with E-state index in [-0.39, 0.29) is 0 Å². The highest BCUT2D eigenvalue weighted by Gasteiger charge is 2.06. The van der Waals surface area contributed by atoms with E-state index in [9.17, 15) is 0 Å². The maximum absolute atomic E-state index is 5.94. The molecule has 0 saturated carbocycles. The van der Waals surface area contributed by atoms with Crippen molar-refractivity contribution in [1.29, 1.82) is 0 Å². The Bertz CT molecular complexity index is 481. The summed E-state index contributed by atoms with van der Waals surface area (Å²) in [4.78, 5) is 4.06. The van der Waals surface area contributed by atoms with E-state index in [0.29, 0.717) is 11.6 Å². The van der Waals surface area contributed by atoms with Gasteiger partial charge in [0.2, 0.25) is 0 Å². The molecular weight excluding hydrogens is 277 g/mol. The number of hydrogen-bond acceptors (Lipinski definition) is 2. The normalized spacial score (nSPS) is 10.6. The van der Waals surface area contributed by atoms with Crippen molar-refractivity contribution in [2.45, 2.75) is 6.54 Å². The van der Waals surface area contributed by atoms with Crippen molar-refractivity contribution in [1.82, 2.24) is 9.55 Å². The molecule has 0 amide bonds. The van der Waals surface area contributed by atoms with E-state index in [1.807, 2.05) is 22.8 Å². The summed E-state index contributed by atoms with van der Waals surface area (Å²) in [6.07, 6.45) is 3.46. The van der Waals surface area contributed by atoms with Crippen LogP contribution in [0, 0.1) is 0 Å². The van der Waals surface area contributed by atoms with Crippen molar-refractivity contribution in [2.75, 3.05) is 0 Å². The summed E-state index contributed by atoms with van der Waals surface area (Å²) in [6, 6.07) is 5.60. The topological polar surface area (TPSA) is 43.8 Å². The van der Waals surface area contributed by atoms with Crippen LogP contribution in [0.1, 0.15) is 5.69 Å². The highest BCUT2D eigenvalue weighted by molar-refractivity contribution is 9.10. The van der Waals surface area contributed by atoms with Crippen LogP contribution in [0.4, 0.5) is 0 Å². The summed E-state index contributed by atoms with van der Waals surface area (Å²) in [7, 11) is 0. The summed E-state index contributed by atoms with van der Waals surface area (Å²) in [5.41, 5.74) is 7.50. The van der Waals surface area contributed by atoms with Crippen LogP contribution < -0.4 is 5.73 Å². The molecule has 0 unspecified atom stereocenters. The summed E-state index contributed by atoms with van der Waals surface area (Å²) in [5.74, 6) is 0. The number of hydrogen-bond donors (Lipinski definition) is 1. The standard InChI is InChI=1S/C10H9BrClN3/c11-9-2-1-7(12)3-10(9)15-6-14-5-8(15)4-13/h1-3,5-6H,4,13H2. The van der Waals surface area contributed by atoms with Gasteiger partial charge in [-0.3, -0.25) is 0 Å². The van der Waals surface area contributed by atoms with Crippen LogP contribution in [0.15, 0.2) is 35.2 Å². The van der Waals surface area contributed by atoms with Crippen molar-refractivity contribution in [3.63, 3.8) is 0 Å². The minimum absolute atomic E-state index is 0.443. The van der Waals surface area contributed by atoms with Gasteiger partial charge in [0.1, 0.15) is 0 Å². The number of rotatable bonds is 2. The Morgan fingerprint density at radius 3 is 3.00 bits per heavy atom. The lowest BCUT2D eigenvalue weighted by atomic mass is 10.3. The summed E-state index contributed by atoms with van der Waals surface area (Å²) >= 11 is 9.41. The highest BCUT2D eigenvalue weighted by Crippen LogP contribution is 2.25. The van der Waals surface area contributed by atoms with E-state index in [2.05, 4.69) is 20.9 Å². The largest absolute Gasteiger partial charge is 0.325 e. The van der Waals surface area contributed by atoms with Gasteiger partial charge in [0, 0.05) is 22.2 Å². The maximum atomic E-state index is 5.94. The molecule has 78 valence electrons. The lowest BCUT2D eigenvalue weighted by Crippen LogP contribution is -2.04. The predicted octanol–water partition coefficient (Wildman–Crippen LogP) is 2.75. The van der Waals surface area contributed by atoms with Gasteiger partial charge in [0.25, 0.3) is 0 Å². The zero-order chi connectivity index (χ0) is 10.8. The molecule has 5 heteroatoms. The molecule has 0 atom stereocenters. The van der Waals surface area contributed by atoms with Crippen LogP contribution in [0.5, 0.6) is 0 Å². The van der Waals surface area contributed by atoms with E-state index >= 15 is 0 Å². The lowest BCUT2D eigenvalue weighted by Gasteiger charge is -2.09. The molecule has 0 radical (unpaired) electrons. The van der Waals surface area contributed by atoms with Gasteiger partial charge in [-0.2, -0.15) is 0 Å². The monoisotopic (exact) mass is 285 g/mol. The first-order chi connectivity index (χ1) is 7.22. The number of aromatic nitrogens is 2. The molecule has 0 aliphatic carbocycles. The van der Waals surface area contributed by atoms with Gasteiger partial charge < -0.3 is 10.3 Å². The first-order valence-electron chi connectivity index (χ1n) is 4.39. The van der Waals surface area contributed by atoms with E-state index in [1.54, 1.807) is 12.5 Å². The van der Waals surface area contributed by atoms with E-state index in [4.69, 9.17) is 17.3 Å². The fraction of sp³-hybridized carbons (Fsp3) is 0.100.